The van der Waals surface area contributed by atoms with Crippen molar-refractivity contribution in [2.24, 2.45) is 14.1 Å². The third kappa shape index (κ3) is 4.01. The van der Waals surface area contributed by atoms with E-state index in [2.05, 4.69) is 36.2 Å². The molecular formula is C20H21BrF2N8O. The maximum atomic E-state index is 13.9. The van der Waals surface area contributed by atoms with Gasteiger partial charge in [0.05, 0.1) is 45.9 Å². The van der Waals surface area contributed by atoms with E-state index >= 15 is 0 Å². The van der Waals surface area contributed by atoms with Gasteiger partial charge in [-0.2, -0.15) is 15.3 Å². The second-order valence-corrected chi connectivity index (χ2v) is 8.41. The fourth-order valence-electron chi connectivity index (χ4n) is 3.55. The number of aromatic nitrogens is 7. The Morgan fingerprint density at radius 1 is 1.25 bits per heavy atom. The monoisotopic (exact) mass is 506 g/mol. The number of nitrogens with zero attached hydrogens (tertiary/aromatic N) is 8. The second kappa shape index (κ2) is 8.41. The Hall–Kier alpha value is -3.15. The van der Waals surface area contributed by atoms with E-state index in [1.807, 2.05) is 0 Å². The number of rotatable bonds is 6. The molecule has 0 aromatic carbocycles. The first-order valence-corrected chi connectivity index (χ1v) is 10.5. The Morgan fingerprint density at radius 2 is 2.00 bits per heavy atom. The highest BCUT2D eigenvalue weighted by molar-refractivity contribution is 9.10. The Kier molecular flexibility index (Phi) is 5.80. The molecule has 9 nitrogen and oxygen atoms in total. The van der Waals surface area contributed by atoms with E-state index in [0.29, 0.717) is 23.5 Å². The molecule has 0 spiro atoms. The largest absolute Gasteiger partial charge is 0.338 e. The molecule has 168 valence electrons. The lowest BCUT2D eigenvalue weighted by Crippen LogP contribution is -2.31. The molecule has 0 saturated heterocycles. The Balaban J connectivity index is 1.71. The molecule has 0 unspecified atom stereocenters. The number of pyridine rings is 1. The van der Waals surface area contributed by atoms with Crippen LogP contribution in [0.2, 0.25) is 0 Å². The van der Waals surface area contributed by atoms with Crippen LogP contribution in [0.1, 0.15) is 23.4 Å². The van der Waals surface area contributed by atoms with Crippen LogP contribution in [0, 0.1) is 6.92 Å². The fraction of sp³-hybridized carbons (Fsp3) is 0.350. The Morgan fingerprint density at radius 3 is 2.59 bits per heavy atom. The van der Waals surface area contributed by atoms with Crippen molar-refractivity contribution < 1.29 is 13.6 Å². The van der Waals surface area contributed by atoms with E-state index in [-0.39, 0.29) is 29.0 Å². The van der Waals surface area contributed by atoms with E-state index in [1.165, 1.54) is 15.6 Å². The van der Waals surface area contributed by atoms with Crippen molar-refractivity contribution in [3.63, 3.8) is 0 Å². The van der Waals surface area contributed by atoms with Gasteiger partial charge in [0.2, 0.25) is 5.91 Å². The molecule has 0 aliphatic rings. The summed E-state index contributed by atoms with van der Waals surface area (Å²) in [5.74, 6) is -0.241. The molecule has 0 aliphatic carbocycles. The van der Waals surface area contributed by atoms with E-state index in [4.69, 9.17) is 0 Å². The molecule has 0 saturated carbocycles. The van der Waals surface area contributed by atoms with Crippen LogP contribution in [-0.2, 0) is 32.0 Å². The summed E-state index contributed by atoms with van der Waals surface area (Å²) in [6.45, 7) is 1.82. The van der Waals surface area contributed by atoms with Crippen LogP contribution >= 0.6 is 15.9 Å². The highest BCUT2D eigenvalue weighted by Crippen LogP contribution is 2.33. The van der Waals surface area contributed by atoms with Crippen LogP contribution in [-0.4, -0.2) is 52.2 Å². The van der Waals surface area contributed by atoms with Gasteiger partial charge in [0.25, 0.3) is 6.43 Å². The van der Waals surface area contributed by atoms with Crippen LogP contribution in [0.4, 0.5) is 8.78 Å². The van der Waals surface area contributed by atoms with Gasteiger partial charge in [-0.05, 0) is 28.9 Å². The fourth-order valence-corrected chi connectivity index (χ4v) is 4.02. The van der Waals surface area contributed by atoms with Gasteiger partial charge in [-0.1, -0.05) is 0 Å². The van der Waals surface area contributed by atoms with Crippen molar-refractivity contribution in [2.75, 3.05) is 7.05 Å². The number of likely N-dealkylation sites (N-methyl/N-ethyl adjacent to an activating group) is 1. The zero-order valence-corrected chi connectivity index (χ0v) is 19.5. The number of carbonyl (C=O) groups excluding carboxylic acids is 1. The van der Waals surface area contributed by atoms with Crippen molar-refractivity contribution in [1.82, 2.24) is 39.2 Å². The summed E-state index contributed by atoms with van der Waals surface area (Å²) in [6, 6.07) is 1.36. The van der Waals surface area contributed by atoms with Crippen molar-refractivity contribution >= 4 is 32.9 Å². The predicted molar refractivity (Wildman–Crippen MR) is 117 cm³/mol. The number of alkyl halides is 2. The second-order valence-electron chi connectivity index (χ2n) is 7.55. The minimum absolute atomic E-state index is 0.136. The van der Waals surface area contributed by atoms with Crippen LogP contribution in [0.3, 0.4) is 0 Å². The standard InChI is InChI=1S/C20H21BrF2N8O/c1-11-18-13(19(22)23)5-15(12-6-24-29(3)8-12)26-20(18)31(27-11)10-17(32)28(2)9-16-14(21)7-25-30(16)4/h5-8,19H,9-10H2,1-4H3. The molecule has 0 fully saturated rings. The number of hydrogen-bond acceptors (Lipinski definition) is 5. The van der Waals surface area contributed by atoms with Crippen molar-refractivity contribution in [2.45, 2.75) is 26.4 Å². The van der Waals surface area contributed by atoms with Crippen LogP contribution in [0.5, 0.6) is 0 Å². The number of aryl methyl sites for hydroxylation is 3. The van der Waals surface area contributed by atoms with Crippen molar-refractivity contribution in [3.05, 3.63) is 46.1 Å². The number of fused-ring (bicyclic) bond motifs is 1. The SMILES string of the molecule is Cc1nn(CC(=O)N(C)Cc2c(Br)cnn2C)c2nc(-c3cnn(C)c3)cc(C(F)F)c12. The number of carbonyl (C=O) groups is 1. The smallest absolute Gasteiger partial charge is 0.264 e. The van der Waals surface area contributed by atoms with Crippen LogP contribution < -0.4 is 0 Å². The predicted octanol–water partition coefficient (Wildman–Crippen LogP) is 3.23. The van der Waals surface area contributed by atoms with E-state index in [1.54, 1.807) is 56.0 Å². The van der Waals surface area contributed by atoms with E-state index in [9.17, 15) is 13.6 Å². The summed E-state index contributed by atoms with van der Waals surface area (Å²) in [7, 11) is 5.19. The van der Waals surface area contributed by atoms with Gasteiger partial charge < -0.3 is 4.90 Å². The lowest BCUT2D eigenvalue weighted by molar-refractivity contribution is -0.131. The highest BCUT2D eigenvalue weighted by Gasteiger charge is 2.23. The normalized spacial score (nSPS) is 11.6. The molecule has 4 aromatic heterocycles. The molecule has 1 amide bonds. The maximum absolute atomic E-state index is 13.9. The van der Waals surface area contributed by atoms with E-state index < -0.39 is 6.43 Å². The van der Waals surface area contributed by atoms with E-state index in [0.717, 1.165) is 10.2 Å². The molecule has 4 aromatic rings. The third-order valence-electron chi connectivity index (χ3n) is 5.25. The minimum Gasteiger partial charge on any atom is -0.338 e. The first-order valence-electron chi connectivity index (χ1n) is 9.71. The molecule has 4 heterocycles. The van der Waals surface area contributed by atoms with Crippen LogP contribution in [0.15, 0.2) is 29.1 Å². The third-order valence-corrected chi connectivity index (χ3v) is 5.91. The van der Waals surface area contributed by atoms with Gasteiger partial charge in [0, 0.05) is 38.5 Å². The van der Waals surface area contributed by atoms with Crippen LogP contribution in [0.25, 0.3) is 22.3 Å². The molecule has 0 bridgehead atoms. The first-order chi connectivity index (χ1) is 15.2. The van der Waals surface area contributed by atoms with Crippen molar-refractivity contribution in [1.29, 1.82) is 0 Å². The quantitative estimate of drug-likeness (QED) is 0.400. The molecule has 32 heavy (non-hydrogen) atoms. The van der Waals surface area contributed by atoms with Gasteiger partial charge in [0.15, 0.2) is 5.65 Å². The molecule has 0 radical (unpaired) electrons. The molecule has 12 heteroatoms. The average molecular weight is 507 g/mol. The number of amides is 1. The maximum Gasteiger partial charge on any atom is 0.264 e. The summed E-state index contributed by atoms with van der Waals surface area (Å²) < 4.78 is 33.2. The zero-order valence-electron chi connectivity index (χ0n) is 17.9. The summed E-state index contributed by atoms with van der Waals surface area (Å²) >= 11 is 3.42. The number of hydrogen-bond donors (Lipinski definition) is 0. The Labute approximate surface area is 190 Å². The lowest BCUT2D eigenvalue weighted by Gasteiger charge is -2.18. The first kappa shape index (κ1) is 22.1. The topological polar surface area (TPSA) is 86.7 Å². The average Bonchev–Trinajstić information content (AvgIpc) is 3.41. The summed E-state index contributed by atoms with van der Waals surface area (Å²) in [4.78, 5) is 19.0. The molecule has 4 rings (SSSR count). The summed E-state index contributed by atoms with van der Waals surface area (Å²) in [6.07, 6.45) is 2.20. The lowest BCUT2D eigenvalue weighted by atomic mass is 10.1. The zero-order chi connectivity index (χ0) is 23.2. The Bertz CT molecular complexity index is 1290. The molecule has 0 N–H and O–H groups in total. The molecule has 0 aliphatic heterocycles. The molecular weight excluding hydrogens is 486 g/mol. The van der Waals surface area contributed by atoms with Gasteiger partial charge in [-0.3, -0.25) is 14.2 Å². The van der Waals surface area contributed by atoms with Gasteiger partial charge in [0.1, 0.15) is 6.54 Å². The summed E-state index contributed by atoms with van der Waals surface area (Å²) in [5, 5.41) is 12.9. The van der Waals surface area contributed by atoms with Gasteiger partial charge in [-0.25, -0.2) is 18.4 Å². The van der Waals surface area contributed by atoms with Crippen molar-refractivity contribution in [3.8, 4) is 11.3 Å². The number of halogens is 3. The highest BCUT2D eigenvalue weighted by atomic mass is 79.9. The molecule has 0 atom stereocenters. The van der Waals surface area contributed by atoms with Gasteiger partial charge >= 0.3 is 0 Å². The summed E-state index contributed by atoms with van der Waals surface area (Å²) in [5.41, 5.74) is 2.25. The van der Waals surface area contributed by atoms with Gasteiger partial charge in [-0.15, -0.1) is 0 Å². The minimum atomic E-state index is -2.71.